The highest BCUT2D eigenvalue weighted by atomic mass is 19.1. The van der Waals surface area contributed by atoms with E-state index in [2.05, 4.69) is 26.1 Å². The summed E-state index contributed by atoms with van der Waals surface area (Å²) in [6.45, 7) is 9.09. The van der Waals surface area contributed by atoms with Crippen LogP contribution in [-0.2, 0) is 4.74 Å². The van der Waals surface area contributed by atoms with Gasteiger partial charge in [-0.05, 0) is 56.5 Å². The van der Waals surface area contributed by atoms with E-state index in [0.717, 1.165) is 30.5 Å². The monoisotopic (exact) mass is 267 g/mol. The van der Waals surface area contributed by atoms with E-state index >= 15 is 0 Å². The molecule has 0 radical (unpaired) electrons. The van der Waals surface area contributed by atoms with Crippen LogP contribution in [0, 0.1) is 12.7 Å². The maximum absolute atomic E-state index is 13.6. The number of rotatable bonds is 7. The molecule has 1 N–H and O–H groups in total. The summed E-state index contributed by atoms with van der Waals surface area (Å²) in [4.78, 5) is 0. The molecule has 0 spiro atoms. The summed E-state index contributed by atoms with van der Waals surface area (Å²) >= 11 is 0. The van der Waals surface area contributed by atoms with Gasteiger partial charge in [-0.25, -0.2) is 4.39 Å². The van der Waals surface area contributed by atoms with Crippen LogP contribution in [-0.4, -0.2) is 19.3 Å². The van der Waals surface area contributed by atoms with Gasteiger partial charge >= 0.3 is 0 Å². The smallest absolute Gasteiger partial charge is 0.123 e. The van der Waals surface area contributed by atoms with E-state index in [9.17, 15) is 4.39 Å². The first-order valence-corrected chi connectivity index (χ1v) is 7.02. The van der Waals surface area contributed by atoms with Crippen molar-refractivity contribution >= 4 is 0 Å². The summed E-state index contributed by atoms with van der Waals surface area (Å²) in [5.41, 5.74) is 1.56. The summed E-state index contributed by atoms with van der Waals surface area (Å²) in [6.07, 6.45) is 1.90. The zero-order valence-corrected chi connectivity index (χ0v) is 12.7. The van der Waals surface area contributed by atoms with Gasteiger partial charge < -0.3 is 10.1 Å². The molecule has 2 atom stereocenters. The van der Waals surface area contributed by atoms with Crippen molar-refractivity contribution in [2.75, 3.05) is 13.7 Å². The number of halogens is 1. The first-order valence-electron chi connectivity index (χ1n) is 7.02. The lowest BCUT2D eigenvalue weighted by molar-refractivity contribution is -0.0300. The number of methoxy groups -OCH3 is 1. The van der Waals surface area contributed by atoms with E-state index in [0.29, 0.717) is 0 Å². The summed E-state index contributed by atoms with van der Waals surface area (Å²) < 4.78 is 19.3. The molecule has 0 aliphatic heterocycles. The first kappa shape index (κ1) is 16.1. The quantitative estimate of drug-likeness (QED) is 0.806. The Hall–Kier alpha value is -0.930. The van der Waals surface area contributed by atoms with Crippen LogP contribution >= 0.6 is 0 Å². The Morgan fingerprint density at radius 2 is 2.00 bits per heavy atom. The molecule has 0 saturated carbocycles. The SMILES string of the molecule is CCCNC(c1cc(C)cc(F)c1)C(C)(CC)OC. The van der Waals surface area contributed by atoms with Crippen LogP contribution < -0.4 is 5.32 Å². The molecule has 108 valence electrons. The van der Waals surface area contributed by atoms with Gasteiger partial charge in [0, 0.05) is 7.11 Å². The second-order valence-corrected chi connectivity index (χ2v) is 5.32. The van der Waals surface area contributed by atoms with E-state index in [1.165, 1.54) is 0 Å². The van der Waals surface area contributed by atoms with Crippen LogP contribution in [0.25, 0.3) is 0 Å². The molecule has 1 aromatic rings. The lowest BCUT2D eigenvalue weighted by atomic mass is 9.87. The highest BCUT2D eigenvalue weighted by molar-refractivity contribution is 5.28. The highest BCUT2D eigenvalue weighted by Crippen LogP contribution is 2.32. The molecule has 0 aromatic heterocycles. The Kier molecular flexibility index (Phi) is 5.95. The molecule has 1 rings (SSSR count). The zero-order chi connectivity index (χ0) is 14.5. The lowest BCUT2D eigenvalue weighted by Crippen LogP contribution is -2.43. The van der Waals surface area contributed by atoms with Crippen molar-refractivity contribution in [3.8, 4) is 0 Å². The topological polar surface area (TPSA) is 21.3 Å². The number of hydrogen-bond donors (Lipinski definition) is 1. The van der Waals surface area contributed by atoms with E-state index in [4.69, 9.17) is 4.74 Å². The third-order valence-electron chi connectivity index (χ3n) is 3.78. The molecular formula is C16H26FNO. The van der Waals surface area contributed by atoms with Crippen LogP contribution in [0.5, 0.6) is 0 Å². The van der Waals surface area contributed by atoms with Crippen LogP contribution in [0.4, 0.5) is 4.39 Å². The average Bonchev–Trinajstić information content (AvgIpc) is 2.37. The fourth-order valence-electron chi connectivity index (χ4n) is 2.37. The van der Waals surface area contributed by atoms with E-state index in [-0.39, 0.29) is 17.5 Å². The molecule has 0 fully saturated rings. The van der Waals surface area contributed by atoms with Crippen LogP contribution in [0.2, 0.25) is 0 Å². The van der Waals surface area contributed by atoms with Gasteiger partial charge in [0.15, 0.2) is 0 Å². The third kappa shape index (κ3) is 4.02. The minimum absolute atomic E-state index is 0.00292. The maximum Gasteiger partial charge on any atom is 0.123 e. The summed E-state index contributed by atoms with van der Waals surface area (Å²) in [7, 11) is 1.72. The normalized spacial score (nSPS) is 16.1. The summed E-state index contributed by atoms with van der Waals surface area (Å²) in [6, 6.07) is 5.18. The van der Waals surface area contributed by atoms with Crippen molar-refractivity contribution in [2.24, 2.45) is 0 Å². The molecule has 0 saturated heterocycles. The van der Waals surface area contributed by atoms with Gasteiger partial charge in [-0.2, -0.15) is 0 Å². The summed E-state index contributed by atoms with van der Waals surface area (Å²) in [5, 5.41) is 3.49. The molecule has 2 unspecified atom stereocenters. The predicted octanol–water partition coefficient (Wildman–Crippen LogP) is 3.99. The second-order valence-electron chi connectivity index (χ2n) is 5.32. The first-order chi connectivity index (χ1) is 8.96. The molecule has 19 heavy (non-hydrogen) atoms. The second kappa shape index (κ2) is 7.01. The Bertz CT molecular complexity index is 381. The maximum atomic E-state index is 13.6. The van der Waals surface area contributed by atoms with Gasteiger partial charge in [0.05, 0.1) is 11.6 Å². The van der Waals surface area contributed by atoms with E-state index in [1.54, 1.807) is 19.2 Å². The van der Waals surface area contributed by atoms with Crippen molar-refractivity contribution in [3.63, 3.8) is 0 Å². The van der Waals surface area contributed by atoms with Crippen LogP contribution in [0.15, 0.2) is 18.2 Å². The minimum atomic E-state index is -0.338. The van der Waals surface area contributed by atoms with Crippen molar-refractivity contribution in [1.82, 2.24) is 5.32 Å². The van der Waals surface area contributed by atoms with Gasteiger partial charge in [0.1, 0.15) is 5.82 Å². The fourth-order valence-corrected chi connectivity index (χ4v) is 2.37. The number of ether oxygens (including phenoxy) is 1. The molecule has 0 amide bonds. The summed E-state index contributed by atoms with van der Waals surface area (Å²) in [5.74, 6) is -0.187. The van der Waals surface area contributed by atoms with Gasteiger partial charge in [-0.3, -0.25) is 0 Å². The lowest BCUT2D eigenvalue weighted by Gasteiger charge is -2.37. The Morgan fingerprint density at radius 3 is 2.47 bits per heavy atom. The Labute approximate surface area is 116 Å². The fraction of sp³-hybridized carbons (Fsp3) is 0.625. The third-order valence-corrected chi connectivity index (χ3v) is 3.78. The van der Waals surface area contributed by atoms with Gasteiger partial charge in [0.25, 0.3) is 0 Å². The van der Waals surface area contributed by atoms with Crippen molar-refractivity contribution in [3.05, 3.63) is 35.1 Å². The number of nitrogens with one attached hydrogen (secondary N) is 1. The average molecular weight is 267 g/mol. The van der Waals surface area contributed by atoms with Gasteiger partial charge in [-0.15, -0.1) is 0 Å². The van der Waals surface area contributed by atoms with Crippen molar-refractivity contribution in [1.29, 1.82) is 0 Å². The van der Waals surface area contributed by atoms with Gasteiger partial charge in [0.2, 0.25) is 0 Å². The molecule has 0 aliphatic carbocycles. The molecule has 1 aromatic carbocycles. The van der Waals surface area contributed by atoms with E-state index < -0.39 is 0 Å². The van der Waals surface area contributed by atoms with Gasteiger partial charge in [-0.1, -0.05) is 19.9 Å². The molecule has 3 heteroatoms. The van der Waals surface area contributed by atoms with Crippen molar-refractivity contribution < 1.29 is 9.13 Å². The van der Waals surface area contributed by atoms with Crippen molar-refractivity contribution in [2.45, 2.75) is 52.2 Å². The molecule has 0 bridgehead atoms. The highest BCUT2D eigenvalue weighted by Gasteiger charge is 2.33. The van der Waals surface area contributed by atoms with Crippen LogP contribution in [0.3, 0.4) is 0 Å². The number of benzene rings is 1. The molecule has 0 aliphatic rings. The minimum Gasteiger partial charge on any atom is -0.377 e. The Morgan fingerprint density at radius 1 is 1.32 bits per heavy atom. The Balaban J connectivity index is 3.14. The van der Waals surface area contributed by atoms with Crippen LogP contribution in [0.1, 0.15) is 50.8 Å². The molecule has 2 nitrogen and oxygen atoms in total. The molecule has 0 heterocycles. The number of aryl methyl sites for hydroxylation is 1. The number of hydrogen-bond acceptors (Lipinski definition) is 2. The molecular weight excluding hydrogens is 241 g/mol. The standard InChI is InChI=1S/C16H26FNO/c1-6-8-18-15(16(4,7-2)19-5)13-9-12(3)10-14(17)11-13/h9-11,15,18H,6-8H2,1-5H3. The van der Waals surface area contributed by atoms with E-state index in [1.807, 2.05) is 13.0 Å². The predicted molar refractivity (Wildman–Crippen MR) is 77.9 cm³/mol. The zero-order valence-electron chi connectivity index (χ0n) is 12.7. The largest absolute Gasteiger partial charge is 0.377 e.